The highest BCUT2D eigenvalue weighted by atomic mass is 16.5. The lowest BCUT2D eigenvalue weighted by Crippen LogP contribution is -2.36. The zero-order valence-electron chi connectivity index (χ0n) is 8.00. The van der Waals surface area contributed by atoms with E-state index in [4.69, 9.17) is 29.9 Å². The van der Waals surface area contributed by atoms with Gasteiger partial charge in [-0.15, -0.1) is 0 Å². The highest BCUT2D eigenvalue weighted by molar-refractivity contribution is 4.66. The second-order valence-electron chi connectivity index (χ2n) is 2.68. The van der Waals surface area contributed by atoms with E-state index in [-0.39, 0.29) is 33.0 Å². The molecular formula is C8H18O6. The summed E-state index contributed by atoms with van der Waals surface area (Å²) in [5.41, 5.74) is 0. The van der Waals surface area contributed by atoms with E-state index >= 15 is 0 Å². The van der Waals surface area contributed by atoms with Gasteiger partial charge in [0.25, 0.3) is 0 Å². The normalized spacial score (nSPS) is 15.4. The van der Waals surface area contributed by atoms with Crippen LogP contribution in [0.5, 0.6) is 0 Å². The van der Waals surface area contributed by atoms with Gasteiger partial charge in [0.05, 0.1) is 39.6 Å². The second kappa shape index (κ2) is 9.32. The number of aliphatic hydroxyl groups excluding tert-OH is 4. The standard InChI is InChI=1S/C8H18O6/c9-1-2-13-3-4-14-8(6-11)7(12)5-10/h7-12H,1-6H2. The van der Waals surface area contributed by atoms with Crippen LogP contribution in [0.25, 0.3) is 0 Å². The lowest BCUT2D eigenvalue weighted by atomic mass is 10.2. The SMILES string of the molecule is OCCOCCOC(CO)C(O)CO. The minimum atomic E-state index is -1.09. The summed E-state index contributed by atoms with van der Waals surface area (Å²) in [5.74, 6) is 0. The van der Waals surface area contributed by atoms with E-state index in [1.54, 1.807) is 0 Å². The van der Waals surface area contributed by atoms with Crippen LogP contribution in [0.2, 0.25) is 0 Å². The Labute approximate surface area is 82.7 Å². The monoisotopic (exact) mass is 210 g/mol. The van der Waals surface area contributed by atoms with Crippen LogP contribution >= 0.6 is 0 Å². The van der Waals surface area contributed by atoms with Crippen molar-refractivity contribution in [2.24, 2.45) is 0 Å². The molecule has 0 amide bonds. The fourth-order valence-corrected chi connectivity index (χ4v) is 0.828. The Kier molecular flexibility index (Phi) is 9.16. The summed E-state index contributed by atoms with van der Waals surface area (Å²) in [4.78, 5) is 0. The predicted octanol–water partition coefficient (Wildman–Crippen LogP) is -2.27. The predicted molar refractivity (Wildman–Crippen MR) is 47.8 cm³/mol. The van der Waals surface area contributed by atoms with Crippen molar-refractivity contribution < 1.29 is 29.9 Å². The van der Waals surface area contributed by atoms with Crippen molar-refractivity contribution >= 4 is 0 Å². The maximum Gasteiger partial charge on any atom is 0.109 e. The highest BCUT2D eigenvalue weighted by Gasteiger charge is 2.17. The van der Waals surface area contributed by atoms with E-state index in [9.17, 15) is 0 Å². The third kappa shape index (κ3) is 6.25. The Balaban J connectivity index is 3.42. The van der Waals surface area contributed by atoms with Crippen molar-refractivity contribution in [2.75, 3.05) is 39.6 Å². The smallest absolute Gasteiger partial charge is 0.109 e. The number of ether oxygens (including phenoxy) is 2. The molecule has 0 aliphatic rings. The minimum Gasteiger partial charge on any atom is -0.394 e. The summed E-state index contributed by atoms with van der Waals surface area (Å²) in [5, 5.41) is 34.8. The molecule has 0 spiro atoms. The molecule has 86 valence electrons. The molecule has 6 nitrogen and oxygen atoms in total. The topological polar surface area (TPSA) is 99.4 Å². The van der Waals surface area contributed by atoms with E-state index in [0.29, 0.717) is 0 Å². The molecular weight excluding hydrogens is 192 g/mol. The summed E-state index contributed by atoms with van der Waals surface area (Å²) in [6.07, 6.45) is -1.88. The first-order chi connectivity index (χ1) is 6.76. The van der Waals surface area contributed by atoms with Crippen molar-refractivity contribution in [3.05, 3.63) is 0 Å². The van der Waals surface area contributed by atoms with E-state index in [1.165, 1.54) is 0 Å². The average molecular weight is 210 g/mol. The Bertz CT molecular complexity index is 120. The molecule has 0 aliphatic carbocycles. The van der Waals surface area contributed by atoms with Gasteiger partial charge >= 0.3 is 0 Å². The zero-order valence-corrected chi connectivity index (χ0v) is 8.00. The number of aliphatic hydroxyl groups is 4. The Morgan fingerprint density at radius 3 is 2.14 bits per heavy atom. The van der Waals surface area contributed by atoms with Gasteiger partial charge in [-0.05, 0) is 0 Å². The molecule has 0 radical (unpaired) electrons. The summed E-state index contributed by atoms with van der Waals surface area (Å²) in [6.45, 7) is -0.166. The highest BCUT2D eigenvalue weighted by Crippen LogP contribution is 1.98. The van der Waals surface area contributed by atoms with Crippen molar-refractivity contribution in [1.29, 1.82) is 0 Å². The van der Waals surface area contributed by atoms with Crippen LogP contribution in [0.1, 0.15) is 0 Å². The van der Waals surface area contributed by atoms with Gasteiger partial charge in [-0.25, -0.2) is 0 Å². The quantitative estimate of drug-likeness (QED) is 0.320. The van der Waals surface area contributed by atoms with Gasteiger partial charge in [0.2, 0.25) is 0 Å². The molecule has 0 fully saturated rings. The maximum atomic E-state index is 9.10. The van der Waals surface area contributed by atoms with Crippen LogP contribution in [0.15, 0.2) is 0 Å². The fraction of sp³-hybridized carbons (Fsp3) is 1.00. The fourth-order valence-electron chi connectivity index (χ4n) is 0.828. The number of hydrogen-bond donors (Lipinski definition) is 4. The molecule has 2 unspecified atom stereocenters. The van der Waals surface area contributed by atoms with E-state index in [1.807, 2.05) is 0 Å². The Morgan fingerprint density at radius 1 is 0.929 bits per heavy atom. The van der Waals surface area contributed by atoms with Gasteiger partial charge in [-0.2, -0.15) is 0 Å². The first-order valence-corrected chi connectivity index (χ1v) is 4.46. The van der Waals surface area contributed by atoms with Crippen LogP contribution in [-0.4, -0.2) is 72.3 Å². The minimum absolute atomic E-state index is 0.0529. The van der Waals surface area contributed by atoms with Gasteiger partial charge in [0.1, 0.15) is 12.2 Å². The van der Waals surface area contributed by atoms with E-state index in [2.05, 4.69) is 0 Å². The van der Waals surface area contributed by atoms with Gasteiger partial charge in [-0.1, -0.05) is 0 Å². The molecule has 0 aromatic carbocycles. The van der Waals surface area contributed by atoms with E-state index < -0.39 is 18.8 Å². The summed E-state index contributed by atoms with van der Waals surface area (Å²) < 4.78 is 9.91. The van der Waals surface area contributed by atoms with Gasteiger partial charge < -0.3 is 29.9 Å². The van der Waals surface area contributed by atoms with Gasteiger partial charge in [0, 0.05) is 0 Å². The average Bonchev–Trinajstić information content (AvgIpc) is 2.22. The van der Waals surface area contributed by atoms with Crippen molar-refractivity contribution in [3.8, 4) is 0 Å². The molecule has 0 bridgehead atoms. The van der Waals surface area contributed by atoms with Crippen LogP contribution < -0.4 is 0 Å². The third-order valence-corrected chi connectivity index (χ3v) is 1.59. The molecule has 14 heavy (non-hydrogen) atoms. The van der Waals surface area contributed by atoms with Crippen LogP contribution in [-0.2, 0) is 9.47 Å². The molecule has 0 saturated carbocycles. The Morgan fingerprint density at radius 2 is 1.64 bits per heavy atom. The summed E-state index contributed by atoms with van der Waals surface area (Å²) >= 11 is 0. The molecule has 2 atom stereocenters. The van der Waals surface area contributed by atoms with Crippen LogP contribution in [0.3, 0.4) is 0 Å². The van der Waals surface area contributed by atoms with Gasteiger partial charge in [0.15, 0.2) is 0 Å². The summed E-state index contributed by atoms with van der Waals surface area (Å²) in [6, 6.07) is 0. The number of hydrogen-bond acceptors (Lipinski definition) is 6. The van der Waals surface area contributed by atoms with Crippen LogP contribution in [0, 0.1) is 0 Å². The first-order valence-electron chi connectivity index (χ1n) is 4.46. The molecule has 0 saturated heterocycles. The van der Waals surface area contributed by atoms with Gasteiger partial charge in [-0.3, -0.25) is 0 Å². The first kappa shape index (κ1) is 13.8. The zero-order chi connectivity index (χ0) is 10.8. The maximum absolute atomic E-state index is 9.10. The van der Waals surface area contributed by atoms with E-state index in [0.717, 1.165) is 0 Å². The lowest BCUT2D eigenvalue weighted by Gasteiger charge is -2.19. The molecule has 6 heteroatoms. The van der Waals surface area contributed by atoms with Crippen molar-refractivity contribution in [2.45, 2.75) is 12.2 Å². The third-order valence-electron chi connectivity index (χ3n) is 1.59. The molecule has 0 aromatic rings. The lowest BCUT2D eigenvalue weighted by molar-refractivity contribution is -0.0917. The summed E-state index contributed by atoms with van der Waals surface area (Å²) in [7, 11) is 0. The van der Waals surface area contributed by atoms with Crippen LogP contribution in [0.4, 0.5) is 0 Å². The number of rotatable bonds is 9. The largest absolute Gasteiger partial charge is 0.394 e. The van der Waals surface area contributed by atoms with Crippen molar-refractivity contribution in [1.82, 2.24) is 0 Å². The Hall–Kier alpha value is -0.240. The molecule has 0 rings (SSSR count). The van der Waals surface area contributed by atoms with Crippen molar-refractivity contribution in [3.63, 3.8) is 0 Å². The molecule has 0 aliphatic heterocycles. The molecule has 4 N–H and O–H groups in total. The molecule has 0 heterocycles. The molecule has 0 aromatic heterocycles. The second-order valence-corrected chi connectivity index (χ2v) is 2.68.